The average Bonchev–Trinajstić information content (AvgIpc) is 2.93. The van der Waals surface area contributed by atoms with Gasteiger partial charge in [0, 0.05) is 12.5 Å². The van der Waals surface area contributed by atoms with Crippen LogP contribution < -0.4 is 5.32 Å². The number of nitrogens with zero attached hydrogens (tertiary/aromatic N) is 1. The van der Waals surface area contributed by atoms with Gasteiger partial charge in [0.1, 0.15) is 0 Å². The third-order valence-electron chi connectivity index (χ3n) is 4.00. The molecule has 1 N–H and O–H groups in total. The molecule has 1 aliphatic carbocycles. The number of thiophene rings is 1. The summed E-state index contributed by atoms with van der Waals surface area (Å²) in [6, 6.07) is 2.42. The SMILES string of the molecule is CN(C)[C@@H](CNC(=O)C1CCCCC1)c1ccsc1. The summed E-state index contributed by atoms with van der Waals surface area (Å²) >= 11 is 1.71. The van der Waals surface area contributed by atoms with Crippen molar-refractivity contribution in [2.45, 2.75) is 38.1 Å². The van der Waals surface area contributed by atoms with E-state index in [1.807, 2.05) is 0 Å². The maximum Gasteiger partial charge on any atom is 0.223 e. The molecule has 106 valence electrons. The zero-order valence-corrected chi connectivity index (χ0v) is 12.7. The number of hydrogen-bond acceptors (Lipinski definition) is 3. The molecule has 0 unspecified atom stereocenters. The predicted octanol–water partition coefficient (Wildman–Crippen LogP) is 3.05. The average molecular weight is 280 g/mol. The van der Waals surface area contributed by atoms with E-state index in [0.717, 1.165) is 12.8 Å². The Kier molecular flexibility index (Phi) is 5.40. The number of likely N-dealkylation sites (N-methyl/N-ethyl adjacent to an activating group) is 1. The van der Waals surface area contributed by atoms with Crippen molar-refractivity contribution in [1.29, 1.82) is 0 Å². The first-order chi connectivity index (χ1) is 9.18. The van der Waals surface area contributed by atoms with Crippen molar-refractivity contribution < 1.29 is 4.79 Å². The van der Waals surface area contributed by atoms with Crippen molar-refractivity contribution in [2.75, 3.05) is 20.6 Å². The van der Waals surface area contributed by atoms with E-state index in [-0.39, 0.29) is 17.9 Å². The molecule has 3 nitrogen and oxygen atoms in total. The van der Waals surface area contributed by atoms with E-state index < -0.39 is 0 Å². The second-order valence-corrected chi connectivity index (χ2v) is 6.40. The quantitative estimate of drug-likeness (QED) is 0.899. The van der Waals surface area contributed by atoms with Crippen LogP contribution in [0.15, 0.2) is 16.8 Å². The molecule has 4 heteroatoms. The molecule has 0 saturated heterocycles. The van der Waals surface area contributed by atoms with Crippen molar-refractivity contribution in [3.63, 3.8) is 0 Å². The fourth-order valence-electron chi connectivity index (χ4n) is 2.77. The van der Waals surface area contributed by atoms with Gasteiger partial charge >= 0.3 is 0 Å². The van der Waals surface area contributed by atoms with Crippen molar-refractivity contribution in [3.05, 3.63) is 22.4 Å². The Balaban J connectivity index is 1.86. The van der Waals surface area contributed by atoms with Crippen LogP contribution in [0.4, 0.5) is 0 Å². The number of carbonyl (C=O) groups is 1. The topological polar surface area (TPSA) is 32.3 Å². The van der Waals surface area contributed by atoms with E-state index in [0.29, 0.717) is 6.54 Å². The van der Waals surface area contributed by atoms with E-state index in [1.165, 1.54) is 24.8 Å². The smallest absolute Gasteiger partial charge is 0.223 e. The van der Waals surface area contributed by atoms with Crippen LogP contribution in [-0.2, 0) is 4.79 Å². The molecule has 0 radical (unpaired) electrons. The fraction of sp³-hybridized carbons (Fsp3) is 0.667. The zero-order valence-electron chi connectivity index (χ0n) is 11.9. The van der Waals surface area contributed by atoms with Crippen molar-refractivity contribution >= 4 is 17.2 Å². The molecule has 19 heavy (non-hydrogen) atoms. The standard InChI is InChI=1S/C15H24N2OS/c1-17(2)14(13-8-9-19-11-13)10-16-15(18)12-6-4-3-5-7-12/h8-9,11-12,14H,3-7,10H2,1-2H3,(H,16,18)/t14-/m0/s1. The van der Waals surface area contributed by atoms with Gasteiger partial charge in [-0.3, -0.25) is 4.79 Å². The number of carbonyl (C=O) groups excluding carboxylic acids is 1. The van der Waals surface area contributed by atoms with Crippen LogP contribution in [0.25, 0.3) is 0 Å². The van der Waals surface area contributed by atoms with E-state index in [4.69, 9.17) is 0 Å². The first-order valence-electron chi connectivity index (χ1n) is 7.14. The minimum absolute atomic E-state index is 0.249. The highest BCUT2D eigenvalue weighted by Crippen LogP contribution is 2.24. The van der Waals surface area contributed by atoms with Crippen molar-refractivity contribution in [2.24, 2.45) is 5.92 Å². The Morgan fingerprint density at radius 3 is 2.74 bits per heavy atom. The van der Waals surface area contributed by atoms with E-state index >= 15 is 0 Å². The van der Waals surface area contributed by atoms with Gasteiger partial charge in [-0.15, -0.1) is 0 Å². The summed E-state index contributed by atoms with van der Waals surface area (Å²) in [6.07, 6.45) is 5.84. The Hall–Kier alpha value is -0.870. The molecule has 0 spiro atoms. The molecule has 1 heterocycles. The van der Waals surface area contributed by atoms with Crippen LogP contribution in [0, 0.1) is 5.92 Å². The van der Waals surface area contributed by atoms with Gasteiger partial charge in [0.25, 0.3) is 0 Å². The molecule has 0 aliphatic heterocycles. The molecule has 1 amide bonds. The van der Waals surface area contributed by atoms with E-state index in [2.05, 4.69) is 41.1 Å². The van der Waals surface area contributed by atoms with Crippen LogP contribution in [0.3, 0.4) is 0 Å². The third kappa shape index (κ3) is 4.05. The van der Waals surface area contributed by atoms with Crippen LogP contribution in [-0.4, -0.2) is 31.4 Å². The first kappa shape index (κ1) is 14.5. The largest absolute Gasteiger partial charge is 0.354 e. The first-order valence-corrected chi connectivity index (χ1v) is 8.09. The van der Waals surface area contributed by atoms with Crippen molar-refractivity contribution in [1.82, 2.24) is 10.2 Å². The molecule has 1 atom stereocenters. The van der Waals surface area contributed by atoms with E-state index in [9.17, 15) is 4.79 Å². The monoisotopic (exact) mass is 280 g/mol. The highest BCUT2D eigenvalue weighted by molar-refractivity contribution is 7.07. The molecule has 2 rings (SSSR count). The molecule has 1 aliphatic rings. The van der Waals surface area contributed by atoms with Gasteiger partial charge in [-0.2, -0.15) is 11.3 Å². The summed E-state index contributed by atoms with van der Waals surface area (Å²) in [4.78, 5) is 14.3. The van der Waals surface area contributed by atoms with Crippen LogP contribution in [0.5, 0.6) is 0 Å². The number of amides is 1. The van der Waals surface area contributed by atoms with Gasteiger partial charge in [-0.25, -0.2) is 0 Å². The maximum atomic E-state index is 12.2. The number of hydrogen-bond donors (Lipinski definition) is 1. The molecule has 1 fully saturated rings. The maximum absolute atomic E-state index is 12.2. The summed E-state index contributed by atoms with van der Waals surface area (Å²) in [7, 11) is 4.13. The zero-order chi connectivity index (χ0) is 13.7. The highest BCUT2D eigenvalue weighted by Gasteiger charge is 2.22. The lowest BCUT2D eigenvalue weighted by molar-refractivity contribution is -0.126. The highest BCUT2D eigenvalue weighted by atomic mass is 32.1. The molecule has 0 bridgehead atoms. The van der Waals surface area contributed by atoms with Gasteiger partial charge < -0.3 is 10.2 Å². The minimum Gasteiger partial charge on any atom is -0.354 e. The van der Waals surface area contributed by atoms with Gasteiger partial charge in [0.2, 0.25) is 5.91 Å². The second-order valence-electron chi connectivity index (χ2n) is 5.62. The Morgan fingerprint density at radius 2 is 2.16 bits per heavy atom. The Labute approximate surface area is 120 Å². The van der Waals surface area contributed by atoms with Crippen LogP contribution in [0.2, 0.25) is 0 Å². The van der Waals surface area contributed by atoms with Crippen molar-refractivity contribution in [3.8, 4) is 0 Å². The van der Waals surface area contributed by atoms with Gasteiger partial charge in [-0.1, -0.05) is 19.3 Å². The van der Waals surface area contributed by atoms with Gasteiger partial charge in [0.15, 0.2) is 0 Å². The predicted molar refractivity (Wildman–Crippen MR) is 80.3 cm³/mol. The molecule has 1 saturated carbocycles. The molecule has 1 aromatic rings. The lowest BCUT2D eigenvalue weighted by atomic mass is 9.88. The lowest BCUT2D eigenvalue weighted by Crippen LogP contribution is -2.38. The second kappa shape index (κ2) is 7.06. The summed E-state index contributed by atoms with van der Waals surface area (Å²) < 4.78 is 0. The normalized spacial score (nSPS) is 18.5. The Bertz CT molecular complexity index is 383. The fourth-order valence-corrected chi connectivity index (χ4v) is 3.48. The van der Waals surface area contributed by atoms with Crippen LogP contribution >= 0.6 is 11.3 Å². The van der Waals surface area contributed by atoms with E-state index in [1.54, 1.807) is 11.3 Å². The summed E-state index contributed by atoms with van der Waals surface area (Å²) in [6.45, 7) is 0.707. The number of nitrogens with one attached hydrogen (secondary N) is 1. The lowest BCUT2D eigenvalue weighted by Gasteiger charge is -2.26. The van der Waals surface area contributed by atoms with Gasteiger partial charge in [0.05, 0.1) is 6.04 Å². The minimum atomic E-state index is 0.249. The third-order valence-corrected chi connectivity index (χ3v) is 4.70. The Morgan fingerprint density at radius 1 is 1.42 bits per heavy atom. The summed E-state index contributed by atoms with van der Waals surface area (Å²) in [5.41, 5.74) is 1.29. The molecular weight excluding hydrogens is 256 g/mol. The summed E-state index contributed by atoms with van der Waals surface area (Å²) in [5, 5.41) is 7.40. The van der Waals surface area contributed by atoms with Crippen LogP contribution in [0.1, 0.15) is 43.7 Å². The summed E-state index contributed by atoms with van der Waals surface area (Å²) in [5.74, 6) is 0.501. The molecule has 0 aromatic carbocycles. The molecular formula is C15H24N2OS. The molecule has 1 aromatic heterocycles. The van der Waals surface area contributed by atoms with Gasteiger partial charge in [-0.05, 0) is 49.3 Å². The number of rotatable bonds is 5.